The second-order valence-corrected chi connectivity index (χ2v) is 5.94. The lowest BCUT2D eigenvalue weighted by molar-refractivity contribution is -0.161. The lowest BCUT2D eigenvalue weighted by Crippen LogP contribution is -2.43. The van der Waals surface area contributed by atoms with E-state index in [4.69, 9.17) is 0 Å². The number of carbonyl (C=O) groups is 1. The minimum absolute atomic E-state index is 0. The Kier molecular flexibility index (Phi) is 8.03. The highest BCUT2D eigenvalue weighted by molar-refractivity contribution is 5.85. The van der Waals surface area contributed by atoms with Crippen molar-refractivity contribution in [3.8, 4) is 0 Å². The Morgan fingerprint density at radius 1 is 1.33 bits per heavy atom. The molecule has 136 valence electrons. The van der Waals surface area contributed by atoms with E-state index in [-0.39, 0.29) is 24.0 Å². The number of alkyl halides is 3. The second kappa shape index (κ2) is 9.28. The first-order valence-electron chi connectivity index (χ1n) is 8.05. The van der Waals surface area contributed by atoms with Gasteiger partial charge in [-0.1, -0.05) is 37.3 Å². The van der Waals surface area contributed by atoms with Crippen LogP contribution in [-0.4, -0.2) is 42.7 Å². The Balaban J connectivity index is 0.00000288. The molecule has 1 aliphatic rings. The average molecular weight is 365 g/mol. The van der Waals surface area contributed by atoms with Crippen LogP contribution >= 0.6 is 12.4 Å². The topological polar surface area (TPSA) is 32.3 Å². The lowest BCUT2D eigenvalue weighted by Gasteiger charge is -2.30. The summed E-state index contributed by atoms with van der Waals surface area (Å²) in [6.45, 7) is 3.90. The molecule has 1 aliphatic heterocycles. The second-order valence-electron chi connectivity index (χ2n) is 5.94. The minimum atomic E-state index is -4.43. The van der Waals surface area contributed by atoms with Crippen LogP contribution < -0.4 is 5.32 Å². The van der Waals surface area contributed by atoms with Crippen molar-refractivity contribution in [2.24, 2.45) is 0 Å². The Morgan fingerprint density at radius 2 is 2.00 bits per heavy atom. The van der Waals surface area contributed by atoms with Gasteiger partial charge in [0.2, 0.25) is 5.91 Å². The molecule has 1 aromatic carbocycles. The predicted molar refractivity (Wildman–Crippen MR) is 90.4 cm³/mol. The van der Waals surface area contributed by atoms with Gasteiger partial charge in [0.15, 0.2) is 0 Å². The van der Waals surface area contributed by atoms with E-state index in [0.717, 1.165) is 19.4 Å². The molecule has 2 rings (SSSR count). The Morgan fingerprint density at radius 3 is 2.50 bits per heavy atom. The summed E-state index contributed by atoms with van der Waals surface area (Å²) in [4.78, 5) is 14.2. The summed E-state index contributed by atoms with van der Waals surface area (Å²) in [5.41, 5.74) is 0.148. The molecule has 1 N–H and O–H groups in total. The number of halogens is 4. The van der Waals surface area contributed by atoms with Crippen LogP contribution in [0.2, 0.25) is 0 Å². The summed E-state index contributed by atoms with van der Waals surface area (Å²) in [5, 5.41) is 3.17. The molecule has 1 aromatic rings. The van der Waals surface area contributed by atoms with E-state index >= 15 is 0 Å². The molecule has 0 radical (unpaired) electrons. The van der Waals surface area contributed by atoms with Gasteiger partial charge in [-0.05, 0) is 24.9 Å². The van der Waals surface area contributed by atoms with E-state index in [2.05, 4.69) is 5.32 Å². The first kappa shape index (κ1) is 20.8. The molecule has 1 saturated heterocycles. The molecule has 1 amide bonds. The molecule has 1 fully saturated rings. The Bertz CT molecular complexity index is 504. The van der Waals surface area contributed by atoms with Crippen molar-refractivity contribution < 1.29 is 18.0 Å². The van der Waals surface area contributed by atoms with Crippen molar-refractivity contribution in [1.82, 2.24) is 10.2 Å². The standard InChI is InChI=1S/C17H23F3N2O.ClH/c1-2-10-22(14-8-9-21-12-14)16(23)11-15(17(18,19)20)13-6-4-3-5-7-13;/h3-7,14-15,21H,2,8-12H2,1H3;1H. The van der Waals surface area contributed by atoms with Crippen LogP contribution in [0.25, 0.3) is 0 Å². The van der Waals surface area contributed by atoms with Gasteiger partial charge in [-0.25, -0.2) is 0 Å². The van der Waals surface area contributed by atoms with Crippen LogP contribution in [0.5, 0.6) is 0 Å². The number of nitrogens with one attached hydrogen (secondary N) is 1. The van der Waals surface area contributed by atoms with Crippen molar-refractivity contribution in [3.05, 3.63) is 35.9 Å². The van der Waals surface area contributed by atoms with Gasteiger partial charge in [-0.15, -0.1) is 12.4 Å². The fourth-order valence-electron chi connectivity index (χ4n) is 3.06. The molecule has 0 saturated carbocycles. The highest BCUT2D eigenvalue weighted by Gasteiger charge is 2.43. The van der Waals surface area contributed by atoms with Gasteiger partial charge < -0.3 is 10.2 Å². The molecule has 3 nitrogen and oxygen atoms in total. The third-order valence-electron chi connectivity index (χ3n) is 4.24. The van der Waals surface area contributed by atoms with Crippen LogP contribution in [0.15, 0.2) is 30.3 Å². The molecule has 1 heterocycles. The zero-order valence-corrected chi connectivity index (χ0v) is 14.5. The third-order valence-corrected chi connectivity index (χ3v) is 4.24. The number of nitrogens with zero attached hydrogens (tertiary/aromatic N) is 1. The summed E-state index contributed by atoms with van der Waals surface area (Å²) in [5.74, 6) is -2.16. The summed E-state index contributed by atoms with van der Waals surface area (Å²) in [6.07, 6.45) is -3.41. The van der Waals surface area contributed by atoms with E-state index in [0.29, 0.717) is 13.1 Å². The molecule has 0 bridgehead atoms. The van der Waals surface area contributed by atoms with Crippen molar-refractivity contribution in [2.75, 3.05) is 19.6 Å². The maximum absolute atomic E-state index is 13.4. The molecule has 2 unspecified atom stereocenters. The number of carbonyl (C=O) groups excluding carboxylic acids is 1. The average Bonchev–Trinajstić information content (AvgIpc) is 3.03. The van der Waals surface area contributed by atoms with Gasteiger partial charge in [0, 0.05) is 25.6 Å². The lowest BCUT2D eigenvalue weighted by atomic mass is 9.94. The molecular formula is C17H24ClF3N2O. The number of hydrogen-bond donors (Lipinski definition) is 1. The number of benzene rings is 1. The normalized spacial score (nSPS) is 18.8. The van der Waals surface area contributed by atoms with E-state index in [1.54, 1.807) is 23.1 Å². The largest absolute Gasteiger partial charge is 0.396 e. The fourth-order valence-corrected chi connectivity index (χ4v) is 3.06. The van der Waals surface area contributed by atoms with Crippen molar-refractivity contribution in [3.63, 3.8) is 0 Å². The van der Waals surface area contributed by atoms with Crippen molar-refractivity contribution >= 4 is 18.3 Å². The summed E-state index contributed by atoms with van der Waals surface area (Å²) in [6, 6.07) is 7.70. The van der Waals surface area contributed by atoms with E-state index < -0.39 is 24.4 Å². The van der Waals surface area contributed by atoms with E-state index in [9.17, 15) is 18.0 Å². The monoisotopic (exact) mass is 364 g/mol. The molecule has 7 heteroatoms. The van der Waals surface area contributed by atoms with E-state index in [1.807, 2.05) is 6.92 Å². The van der Waals surface area contributed by atoms with Crippen molar-refractivity contribution in [2.45, 2.75) is 44.3 Å². The Hall–Kier alpha value is -1.27. The highest BCUT2D eigenvalue weighted by atomic mass is 35.5. The number of hydrogen-bond acceptors (Lipinski definition) is 2. The molecular weight excluding hydrogens is 341 g/mol. The summed E-state index contributed by atoms with van der Waals surface area (Å²) < 4.78 is 40.2. The van der Waals surface area contributed by atoms with Gasteiger partial charge in [0.1, 0.15) is 0 Å². The van der Waals surface area contributed by atoms with Gasteiger partial charge in [-0.3, -0.25) is 4.79 Å². The van der Waals surface area contributed by atoms with Gasteiger partial charge in [0.05, 0.1) is 5.92 Å². The first-order chi connectivity index (χ1) is 10.9. The third kappa shape index (κ3) is 5.38. The van der Waals surface area contributed by atoms with E-state index in [1.165, 1.54) is 12.1 Å². The quantitative estimate of drug-likeness (QED) is 0.833. The van der Waals surface area contributed by atoms with Crippen LogP contribution in [-0.2, 0) is 4.79 Å². The molecule has 2 atom stereocenters. The zero-order valence-electron chi connectivity index (χ0n) is 13.7. The summed E-state index contributed by atoms with van der Waals surface area (Å²) >= 11 is 0. The molecule has 0 aromatic heterocycles. The molecule has 24 heavy (non-hydrogen) atoms. The number of amides is 1. The maximum Gasteiger partial charge on any atom is 0.396 e. The Labute approximate surface area is 147 Å². The van der Waals surface area contributed by atoms with Crippen molar-refractivity contribution in [1.29, 1.82) is 0 Å². The van der Waals surface area contributed by atoms with Crippen LogP contribution in [0, 0.1) is 0 Å². The van der Waals surface area contributed by atoms with Crippen LogP contribution in [0.4, 0.5) is 13.2 Å². The van der Waals surface area contributed by atoms with Crippen LogP contribution in [0.3, 0.4) is 0 Å². The number of rotatable bonds is 6. The molecule has 0 aliphatic carbocycles. The van der Waals surface area contributed by atoms with Crippen LogP contribution in [0.1, 0.15) is 37.7 Å². The zero-order chi connectivity index (χ0) is 16.9. The predicted octanol–water partition coefficient (Wildman–Crippen LogP) is 3.74. The molecule has 0 spiro atoms. The maximum atomic E-state index is 13.4. The minimum Gasteiger partial charge on any atom is -0.338 e. The SMILES string of the molecule is CCCN(C(=O)CC(c1ccccc1)C(F)(F)F)C1CCNC1.Cl. The first-order valence-corrected chi connectivity index (χ1v) is 8.05. The summed E-state index contributed by atoms with van der Waals surface area (Å²) in [7, 11) is 0. The smallest absolute Gasteiger partial charge is 0.338 e. The van der Waals surface area contributed by atoms with Gasteiger partial charge >= 0.3 is 6.18 Å². The highest BCUT2D eigenvalue weighted by Crippen LogP contribution is 2.38. The van der Waals surface area contributed by atoms with Gasteiger partial charge in [-0.2, -0.15) is 13.2 Å². The fraction of sp³-hybridized carbons (Fsp3) is 0.588. The van der Waals surface area contributed by atoms with Gasteiger partial charge in [0.25, 0.3) is 0 Å².